The monoisotopic (exact) mass is 444 g/mol. The number of fused-ring (bicyclic) bond motifs is 2. The quantitative estimate of drug-likeness (QED) is 0.450. The van der Waals surface area contributed by atoms with Crippen LogP contribution < -0.4 is 0 Å². The van der Waals surface area contributed by atoms with Gasteiger partial charge in [0, 0.05) is 24.9 Å². The van der Waals surface area contributed by atoms with E-state index in [1.165, 1.54) is 6.07 Å². The molecular weight excluding hydrogens is 427 g/mol. The average Bonchev–Trinajstić information content (AvgIpc) is 3.57. The Morgan fingerprint density at radius 2 is 2.06 bits per heavy atom. The van der Waals surface area contributed by atoms with Gasteiger partial charge in [-0.25, -0.2) is 19.3 Å². The summed E-state index contributed by atoms with van der Waals surface area (Å²) < 4.78 is 25.9. The molecule has 4 aromatic heterocycles. The number of hydrogen-bond donors (Lipinski definition) is 1. The Morgan fingerprint density at radius 1 is 1.15 bits per heavy atom. The molecule has 5 heterocycles. The molecule has 9 nitrogen and oxygen atoms in total. The molecule has 164 valence electrons. The van der Waals surface area contributed by atoms with Crippen molar-refractivity contribution in [2.75, 3.05) is 6.54 Å². The van der Waals surface area contributed by atoms with Crippen molar-refractivity contribution in [1.29, 1.82) is 0 Å². The van der Waals surface area contributed by atoms with E-state index in [9.17, 15) is 9.18 Å². The Balaban J connectivity index is 1.44. The number of para-hydroxylation sites is 1. The van der Waals surface area contributed by atoms with Gasteiger partial charge in [-0.3, -0.25) is 9.78 Å². The van der Waals surface area contributed by atoms with Crippen molar-refractivity contribution in [1.82, 2.24) is 29.8 Å². The van der Waals surface area contributed by atoms with Crippen LogP contribution in [0.3, 0.4) is 0 Å². The van der Waals surface area contributed by atoms with Crippen LogP contribution >= 0.6 is 0 Å². The first-order chi connectivity index (χ1) is 16.1. The number of imidazole rings is 1. The van der Waals surface area contributed by atoms with Gasteiger partial charge in [0.2, 0.25) is 17.5 Å². The largest absolute Gasteiger partial charge is 0.435 e. The predicted molar refractivity (Wildman–Crippen MR) is 114 cm³/mol. The van der Waals surface area contributed by atoms with Gasteiger partial charge >= 0.3 is 0 Å². The molecule has 6 rings (SSSR count). The summed E-state index contributed by atoms with van der Waals surface area (Å²) in [7, 11) is 0. The van der Waals surface area contributed by atoms with Crippen LogP contribution in [0.15, 0.2) is 57.8 Å². The summed E-state index contributed by atoms with van der Waals surface area (Å²) in [5.74, 6) is -0.369. The molecule has 1 aromatic carbocycles. The maximum atomic E-state index is 14.3. The number of benzene rings is 1. The number of carbonyl (C=O) groups is 1. The van der Waals surface area contributed by atoms with Gasteiger partial charge in [0.25, 0.3) is 5.91 Å². The highest BCUT2D eigenvalue weighted by Gasteiger charge is 2.39. The number of hydrogen-bond acceptors (Lipinski definition) is 7. The molecule has 1 aliphatic rings. The molecule has 0 spiro atoms. The fraction of sp³-hybridized carbons (Fsp3) is 0.174. The minimum absolute atomic E-state index is 0.0378. The molecule has 0 saturated heterocycles. The number of oxazole rings is 2. The molecule has 5 aromatic rings. The van der Waals surface area contributed by atoms with Crippen molar-refractivity contribution >= 4 is 17.0 Å². The van der Waals surface area contributed by atoms with E-state index in [-0.39, 0.29) is 29.0 Å². The summed E-state index contributed by atoms with van der Waals surface area (Å²) in [6.07, 6.45) is 3.75. The summed E-state index contributed by atoms with van der Waals surface area (Å²) >= 11 is 0. The number of amides is 1. The van der Waals surface area contributed by atoms with Crippen molar-refractivity contribution < 1.29 is 18.0 Å². The summed E-state index contributed by atoms with van der Waals surface area (Å²) in [6.45, 7) is 2.07. The standard InChI is InChI=1S/C23H17FN6O3/c1-12-19(32-21(28-12)16-6-2-3-9-25-16)23(31)30-10-8-14-17(27-11-26-14)18(30)22-29-15-7-4-5-13(24)20(15)33-22/h2-7,9,11,18H,8,10H2,1H3,(H,26,27)/t18-/m0/s1. The van der Waals surface area contributed by atoms with Gasteiger partial charge in [0.05, 0.1) is 17.7 Å². The number of pyridine rings is 1. The van der Waals surface area contributed by atoms with Crippen LogP contribution in [0.5, 0.6) is 0 Å². The molecule has 0 bridgehead atoms. The maximum absolute atomic E-state index is 14.3. The van der Waals surface area contributed by atoms with E-state index < -0.39 is 11.9 Å². The van der Waals surface area contributed by atoms with Crippen molar-refractivity contribution in [2.24, 2.45) is 0 Å². The molecule has 0 saturated carbocycles. The fourth-order valence-electron chi connectivity index (χ4n) is 4.12. The van der Waals surface area contributed by atoms with Gasteiger partial charge in [0.1, 0.15) is 11.2 Å². The molecule has 1 atom stereocenters. The molecule has 0 radical (unpaired) electrons. The zero-order valence-electron chi connectivity index (χ0n) is 17.4. The normalized spacial score (nSPS) is 15.7. The molecule has 33 heavy (non-hydrogen) atoms. The zero-order valence-corrected chi connectivity index (χ0v) is 17.4. The predicted octanol–water partition coefficient (Wildman–Crippen LogP) is 3.84. The first-order valence-corrected chi connectivity index (χ1v) is 10.4. The Kier molecular flexibility index (Phi) is 4.32. The molecule has 0 unspecified atom stereocenters. The lowest BCUT2D eigenvalue weighted by Gasteiger charge is -2.32. The lowest BCUT2D eigenvalue weighted by atomic mass is 10.0. The molecule has 0 fully saturated rings. The molecular formula is C23H17FN6O3. The van der Waals surface area contributed by atoms with Crippen LogP contribution in [0.25, 0.3) is 22.7 Å². The number of H-pyrrole nitrogens is 1. The molecule has 1 N–H and O–H groups in total. The second kappa shape index (κ2) is 7.37. The zero-order chi connectivity index (χ0) is 22.5. The topological polar surface area (TPSA) is 114 Å². The van der Waals surface area contributed by atoms with Crippen LogP contribution in [-0.4, -0.2) is 42.3 Å². The molecule has 0 aliphatic carbocycles. The summed E-state index contributed by atoms with van der Waals surface area (Å²) in [6, 6.07) is 9.13. The van der Waals surface area contributed by atoms with E-state index in [2.05, 4.69) is 24.9 Å². The smallest absolute Gasteiger partial charge is 0.292 e. The van der Waals surface area contributed by atoms with Gasteiger partial charge < -0.3 is 18.7 Å². The van der Waals surface area contributed by atoms with E-state index in [1.54, 1.807) is 48.6 Å². The van der Waals surface area contributed by atoms with Gasteiger partial charge in [-0.1, -0.05) is 12.1 Å². The average molecular weight is 444 g/mol. The van der Waals surface area contributed by atoms with Gasteiger partial charge in [-0.15, -0.1) is 0 Å². The second-order valence-corrected chi connectivity index (χ2v) is 7.71. The number of aromatic nitrogens is 5. The number of aryl methyl sites for hydroxylation is 1. The van der Waals surface area contributed by atoms with Crippen molar-refractivity contribution in [3.05, 3.63) is 83.5 Å². The Hall–Kier alpha value is -4.34. The number of nitrogens with zero attached hydrogens (tertiary/aromatic N) is 5. The van der Waals surface area contributed by atoms with E-state index in [4.69, 9.17) is 8.83 Å². The number of rotatable bonds is 3. The minimum Gasteiger partial charge on any atom is -0.435 e. The number of carbonyl (C=O) groups excluding carboxylic acids is 1. The lowest BCUT2D eigenvalue weighted by Crippen LogP contribution is -2.41. The molecule has 1 amide bonds. The highest BCUT2D eigenvalue weighted by atomic mass is 19.1. The SMILES string of the molecule is Cc1nc(-c2ccccn2)oc1C(=O)N1CCc2[nH]cnc2[C@H]1c1nc2cccc(F)c2o1. The number of aromatic amines is 1. The van der Waals surface area contributed by atoms with Crippen LogP contribution in [-0.2, 0) is 6.42 Å². The first kappa shape index (κ1) is 19.4. The maximum Gasteiger partial charge on any atom is 0.292 e. The molecule has 10 heteroatoms. The Labute approximate surface area is 186 Å². The van der Waals surface area contributed by atoms with E-state index in [1.807, 2.05) is 6.07 Å². The van der Waals surface area contributed by atoms with Gasteiger partial charge in [-0.2, -0.15) is 0 Å². The number of halogens is 1. The Bertz CT molecular complexity index is 1490. The lowest BCUT2D eigenvalue weighted by molar-refractivity contribution is 0.0634. The third-order valence-electron chi connectivity index (χ3n) is 5.68. The number of nitrogens with one attached hydrogen (secondary N) is 1. The summed E-state index contributed by atoms with van der Waals surface area (Å²) in [5, 5.41) is 0. The second-order valence-electron chi connectivity index (χ2n) is 7.71. The van der Waals surface area contributed by atoms with Crippen molar-refractivity contribution in [2.45, 2.75) is 19.4 Å². The van der Waals surface area contributed by atoms with Crippen LogP contribution in [0.2, 0.25) is 0 Å². The highest BCUT2D eigenvalue weighted by molar-refractivity contribution is 5.93. The van der Waals surface area contributed by atoms with E-state index >= 15 is 0 Å². The fourth-order valence-corrected chi connectivity index (χ4v) is 4.12. The Morgan fingerprint density at radius 3 is 2.88 bits per heavy atom. The van der Waals surface area contributed by atoms with Crippen LogP contribution in [0, 0.1) is 12.7 Å². The van der Waals surface area contributed by atoms with Crippen LogP contribution in [0.1, 0.15) is 39.6 Å². The first-order valence-electron chi connectivity index (χ1n) is 10.4. The van der Waals surface area contributed by atoms with Crippen LogP contribution in [0.4, 0.5) is 4.39 Å². The third kappa shape index (κ3) is 3.10. The van der Waals surface area contributed by atoms with Gasteiger partial charge in [-0.05, 0) is 31.2 Å². The summed E-state index contributed by atoms with van der Waals surface area (Å²) in [4.78, 5) is 35.8. The summed E-state index contributed by atoms with van der Waals surface area (Å²) in [5.41, 5.74) is 2.85. The minimum atomic E-state index is -0.748. The van der Waals surface area contributed by atoms with Crippen molar-refractivity contribution in [3.63, 3.8) is 0 Å². The molecule has 1 aliphatic heterocycles. The van der Waals surface area contributed by atoms with E-state index in [0.29, 0.717) is 35.6 Å². The highest BCUT2D eigenvalue weighted by Crippen LogP contribution is 2.36. The third-order valence-corrected chi connectivity index (χ3v) is 5.68. The van der Waals surface area contributed by atoms with Crippen molar-refractivity contribution in [3.8, 4) is 11.6 Å². The van der Waals surface area contributed by atoms with Gasteiger partial charge in [0.15, 0.2) is 17.4 Å². The van der Waals surface area contributed by atoms with E-state index in [0.717, 1.165) is 5.69 Å².